The Bertz CT molecular complexity index is 388. The van der Waals surface area contributed by atoms with Gasteiger partial charge in [0.2, 0.25) is 0 Å². The van der Waals surface area contributed by atoms with Crippen molar-refractivity contribution in [1.82, 2.24) is 0 Å². The van der Waals surface area contributed by atoms with Gasteiger partial charge in [0, 0.05) is 17.1 Å². The summed E-state index contributed by atoms with van der Waals surface area (Å²) in [5, 5.41) is 0. The molecule has 0 heterocycles. The Kier molecular flexibility index (Phi) is 4.52. The van der Waals surface area contributed by atoms with Crippen LogP contribution in [0.5, 0.6) is 0 Å². The molecule has 0 saturated heterocycles. The molecule has 0 aliphatic heterocycles. The highest BCUT2D eigenvalue weighted by Gasteiger charge is 1.98. The zero-order chi connectivity index (χ0) is 11.3. The van der Waals surface area contributed by atoms with Crippen LogP contribution in [0.1, 0.15) is 11.1 Å². The van der Waals surface area contributed by atoms with Crippen molar-refractivity contribution in [2.24, 2.45) is 5.73 Å². The Morgan fingerprint density at radius 1 is 1.60 bits per heavy atom. The second kappa shape index (κ2) is 5.68. The molecule has 4 heteroatoms. The molecule has 0 spiro atoms. The predicted molar refractivity (Wildman–Crippen MR) is 63.1 cm³/mol. The van der Waals surface area contributed by atoms with Crippen LogP contribution in [0.25, 0.3) is 6.08 Å². The Morgan fingerprint density at radius 2 is 2.33 bits per heavy atom. The topological polar surface area (TPSA) is 52.3 Å². The van der Waals surface area contributed by atoms with Gasteiger partial charge in [-0.1, -0.05) is 22.0 Å². The molecule has 0 unspecified atom stereocenters. The molecule has 0 aliphatic carbocycles. The summed E-state index contributed by atoms with van der Waals surface area (Å²) in [6, 6.07) is 5.71. The maximum Gasteiger partial charge on any atom is 0.330 e. The number of ether oxygens (including phenoxy) is 1. The predicted octanol–water partition coefficient (Wildman–Crippen LogP) is 2.09. The summed E-state index contributed by atoms with van der Waals surface area (Å²) < 4.78 is 5.46. The minimum absolute atomic E-state index is 0.368. The summed E-state index contributed by atoms with van der Waals surface area (Å²) >= 11 is 3.39. The molecule has 0 radical (unpaired) electrons. The lowest BCUT2D eigenvalue weighted by Gasteiger charge is -2.02. The number of halogens is 1. The SMILES string of the molecule is COC(=O)/C=C/c1ccc(Br)c(CN)c1. The van der Waals surface area contributed by atoms with Crippen LogP contribution in [0, 0.1) is 0 Å². The van der Waals surface area contributed by atoms with Gasteiger partial charge in [-0.25, -0.2) is 4.79 Å². The van der Waals surface area contributed by atoms with Gasteiger partial charge < -0.3 is 10.5 Å². The number of nitrogens with two attached hydrogens (primary N) is 1. The van der Waals surface area contributed by atoms with E-state index in [1.165, 1.54) is 13.2 Å². The van der Waals surface area contributed by atoms with E-state index in [0.29, 0.717) is 6.54 Å². The molecule has 0 atom stereocenters. The van der Waals surface area contributed by atoms with Gasteiger partial charge in [-0.05, 0) is 29.3 Å². The third-order valence-corrected chi connectivity index (χ3v) is 2.68. The molecule has 15 heavy (non-hydrogen) atoms. The van der Waals surface area contributed by atoms with E-state index in [-0.39, 0.29) is 5.97 Å². The number of hydrogen-bond acceptors (Lipinski definition) is 3. The molecule has 2 N–H and O–H groups in total. The van der Waals surface area contributed by atoms with Crippen LogP contribution in [0.2, 0.25) is 0 Å². The van der Waals surface area contributed by atoms with E-state index in [2.05, 4.69) is 20.7 Å². The molecule has 1 rings (SSSR count). The van der Waals surface area contributed by atoms with E-state index in [1.54, 1.807) is 6.08 Å². The first-order valence-corrected chi connectivity index (χ1v) is 5.21. The summed E-state index contributed by atoms with van der Waals surface area (Å²) in [5.41, 5.74) is 7.48. The fourth-order valence-electron chi connectivity index (χ4n) is 1.09. The average molecular weight is 270 g/mol. The largest absolute Gasteiger partial charge is 0.466 e. The van der Waals surface area contributed by atoms with Gasteiger partial charge in [0.15, 0.2) is 0 Å². The van der Waals surface area contributed by atoms with Gasteiger partial charge in [0.05, 0.1) is 7.11 Å². The summed E-state index contributed by atoms with van der Waals surface area (Å²) in [6.45, 7) is 0.459. The lowest BCUT2D eigenvalue weighted by atomic mass is 10.1. The third kappa shape index (κ3) is 3.49. The van der Waals surface area contributed by atoms with Crippen molar-refractivity contribution in [2.45, 2.75) is 6.54 Å². The van der Waals surface area contributed by atoms with Crippen LogP contribution >= 0.6 is 15.9 Å². The molecule has 0 fully saturated rings. The number of carbonyl (C=O) groups is 1. The minimum Gasteiger partial charge on any atom is -0.466 e. The average Bonchev–Trinajstić information content (AvgIpc) is 2.27. The van der Waals surface area contributed by atoms with E-state index >= 15 is 0 Å². The number of esters is 1. The highest BCUT2D eigenvalue weighted by Crippen LogP contribution is 2.18. The van der Waals surface area contributed by atoms with Crippen LogP contribution in [0.3, 0.4) is 0 Å². The fraction of sp³-hybridized carbons (Fsp3) is 0.182. The highest BCUT2D eigenvalue weighted by atomic mass is 79.9. The number of methoxy groups -OCH3 is 1. The third-order valence-electron chi connectivity index (χ3n) is 1.90. The van der Waals surface area contributed by atoms with Gasteiger partial charge in [0.25, 0.3) is 0 Å². The van der Waals surface area contributed by atoms with E-state index in [4.69, 9.17) is 5.73 Å². The van der Waals surface area contributed by atoms with Gasteiger partial charge >= 0.3 is 5.97 Å². The van der Waals surface area contributed by atoms with Crippen molar-refractivity contribution >= 4 is 28.0 Å². The molecular weight excluding hydrogens is 258 g/mol. The van der Waals surface area contributed by atoms with Crippen LogP contribution in [-0.2, 0) is 16.1 Å². The summed E-state index contributed by atoms with van der Waals surface area (Å²) in [7, 11) is 1.35. The Hall–Kier alpha value is -1.13. The first-order chi connectivity index (χ1) is 7.17. The molecule has 80 valence electrons. The lowest BCUT2D eigenvalue weighted by molar-refractivity contribution is -0.134. The van der Waals surface area contributed by atoms with Gasteiger partial charge in [-0.3, -0.25) is 0 Å². The maximum absolute atomic E-state index is 10.9. The van der Waals surface area contributed by atoms with Gasteiger partial charge in [-0.15, -0.1) is 0 Å². The Labute approximate surface area is 97.0 Å². The van der Waals surface area contributed by atoms with E-state index in [9.17, 15) is 4.79 Å². The number of hydrogen-bond donors (Lipinski definition) is 1. The normalized spacial score (nSPS) is 10.6. The number of benzene rings is 1. The summed E-state index contributed by atoms with van der Waals surface area (Å²) in [6.07, 6.45) is 3.07. The standard InChI is InChI=1S/C11H12BrNO2/c1-15-11(14)5-3-8-2-4-10(12)9(6-8)7-13/h2-6H,7,13H2,1H3/b5-3+. The van der Waals surface area contributed by atoms with Crippen LogP contribution < -0.4 is 5.73 Å². The van der Waals surface area contributed by atoms with E-state index < -0.39 is 0 Å². The zero-order valence-corrected chi connectivity index (χ0v) is 9.95. The number of rotatable bonds is 3. The molecule has 1 aromatic rings. The molecule has 0 saturated carbocycles. The van der Waals surface area contributed by atoms with Crippen molar-refractivity contribution in [3.63, 3.8) is 0 Å². The Balaban J connectivity index is 2.87. The van der Waals surface area contributed by atoms with Crippen molar-refractivity contribution < 1.29 is 9.53 Å². The van der Waals surface area contributed by atoms with E-state index in [1.807, 2.05) is 18.2 Å². The molecule has 0 aliphatic rings. The van der Waals surface area contributed by atoms with Crippen molar-refractivity contribution in [1.29, 1.82) is 0 Å². The lowest BCUT2D eigenvalue weighted by Crippen LogP contribution is -1.98. The van der Waals surface area contributed by atoms with Gasteiger partial charge in [0.1, 0.15) is 0 Å². The van der Waals surface area contributed by atoms with Crippen molar-refractivity contribution in [2.75, 3.05) is 7.11 Å². The van der Waals surface area contributed by atoms with Gasteiger partial charge in [-0.2, -0.15) is 0 Å². The summed E-state index contributed by atoms with van der Waals surface area (Å²) in [5.74, 6) is -0.368. The second-order valence-corrected chi connectivity index (χ2v) is 3.77. The summed E-state index contributed by atoms with van der Waals surface area (Å²) in [4.78, 5) is 10.9. The molecule has 0 aromatic heterocycles. The monoisotopic (exact) mass is 269 g/mol. The highest BCUT2D eigenvalue weighted by molar-refractivity contribution is 9.10. The molecule has 0 bridgehead atoms. The van der Waals surface area contributed by atoms with Crippen molar-refractivity contribution in [3.05, 3.63) is 39.9 Å². The maximum atomic E-state index is 10.9. The van der Waals surface area contributed by atoms with Crippen molar-refractivity contribution in [3.8, 4) is 0 Å². The first kappa shape index (κ1) is 11.9. The number of carbonyl (C=O) groups excluding carboxylic acids is 1. The second-order valence-electron chi connectivity index (χ2n) is 2.91. The Morgan fingerprint density at radius 3 is 2.93 bits per heavy atom. The first-order valence-electron chi connectivity index (χ1n) is 4.42. The smallest absolute Gasteiger partial charge is 0.330 e. The fourth-order valence-corrected chi connectivity index (χ4v) is 1.50. The van der Waals surface area contributed by atoms with Crippen LogP contribution in [0.4, 0.5) is 0 Å². The van der Waals surface area contributed by atoms with Crippen LogP contribution in [0.15, 0.2) is 28.7 Å². The molecule has 1 aromatic carbocycles. The molecule has 3 nitrogen and oxygen atoms in total. The minimum atomic E-state index is -0.368. The quantitative estimate of drug-likeness (QED) is 0.676. The molecule has 0 amide bonds. The molecular formula is C11H12BrNO2. The zero-order valence-electron chi connectivity index (χ0n) is 8.37. The van der Waals surface area contributed by atoms with E-state index in [0.717, 1.165) is 15.6 Å². The van der Waals surface area contributed by atoms with Crippen LogP contribution in [-0.4, -0.2) is 13.1 Å².